The Morgan fingerprint density at radius 3 is 2.74 bits per heavy atom. The molecule has 1 unspecified atom stereocenters. The maximum Gasteiger partial charge on any atom is 0.296 e. The zero-order valence-electron chi connectivity index (χ0n) is 18.2. The van der Waals surface area contributed by atoms with E-state index in [4.69, 9.17) is 4.18 Å². The van der Waals surface area contributed by atoms with Gasteiger partial charge in [0.25, 0.3) is 10.1 Å². The molecule has 0 amide bonds. The Kier molecular flexibility index (Phi) is 5.40. The molecule has 2 aliphatic rings. The fourth-order valence-corrected chi connectivity index (χ4v) is 6.50. The molecule has 31 heavy (non-hydrogen) atoms. The Labute approximate surface area is 184 Å². The Balaban J connectivity index is 1.39. The number of rotatable bonds is 6. The van der Waals surface area contributed by atoms with Crippen molar-refractivity contribution in [2.24, 2.45) is 5.92 Å². The van der Waals surface area contributed by atoms with Crippen LogP contribution in [-0.4, -0.2) is 44.0 Å². The van der Waals surface area contributed by atoms with E-state index in [0.29, 0.717) is 12.0 Å². The first-order chi connectivity index (χ1) is 15.0. The molecule has 1 fully saturated rings. The fourth-order valence-electron chi connectivity index (χ4n) is 5.52. The normalized spacial score (nSPS) is 23.7. The van der Waals surface area contributed by atoms with Gasteiger partial charge in [0.2, 0.25) is 0 Å². The van der Waals surface area contributed by atoms with E-state index < -0.39 is 10.1 Å². The average Bonchev–Trinajstić information content (AvgIpc) is 3.18. The number of hydrogen-bond acceptors (Lipinski definition) is 4. The van der Waals surface area contributed by atoms with Crippen molar-refractivity contribution >= 4 is 21.0 Å². The highest BCUT2D eigenvalue weighted by Gasteiger charge is 2.40. The first-order valence-corrected chi connectivity index (χ1v) is 12.7. The van der Waals surface area contributed by atoms with Crippen LogP contribution >= 0.6 is 0 Å². The molecule has 1 aromatic heterocycles. The van der Waals surface area contributed by atoms with Crippen LogP contribution in [0.5, 0.6) is 0 Å². The lowest BCUT2D eigenvalue weighted by Crippen LogP contribution is -2.51. The number of nitrogens with one attached hydrogen (secondary N) is 1. The van der Waals surface area contributed by atoms with Gasteiger partial charge in [-0.3, -0.25) is 9.08 Å². The molecule has 3 atom stereocenters. The van der Waals surface area contributed by atoms with Gasteiger partial charge in [-0.1, -0.05) is 36.8 Å². The molecule has 1 aliphatic carbocycles. The van der Waals surface area contributed by atoms with Crippen LogP contribution in [0.2, 0.25) is 0 Å². The minimum absolute atomic E-state index is 0.184. The molecule has 1 saturated heterocycles. The van der Waals surface area contributed by atoms with E-state index >= 15 is 0 Å². The lowest BCUT2D eigenvalue weighted by molar-refractivity contribution is 0.0638. The van der Waals surface area contributed by atoms with Gasteiger partial charge in [-0.15, -0.1) is 0 Å². The monoisotopic (exact) mass is 438 g/mol. The summed E-state index contributed by atoms with van der Waals surface area (Å²) in [4.78, 5) is 6.23. The van der Waals surface area contributed by atoms with Gasteiger partial charge in [0, 0.05) is 35.6 Å². The second-order valence-corrected chi connectivity index (χ2v) is 10.7. The van der Waals surface area contributed by atoms with Gasteiger partial charge in [0.05, 0.1) is 11.5 Å². The summed E-state index contributed by atoms with van der Waals surface area (Å²) < 4.78 is 31.0. The number of H-pyrrole nitrogens is 1. The van der Waals surface area contributed by atoms with E-state index in [1.807, 2.05) is 19.1 Å². The Morgan fingerprint density at radius 1 is 1.16 bits per heavy atom. The highest BCUT2D eigenvalue weighted by atomic mass is 32.2. The Hall–Kier alpha value is -2.15. The molecule has 2 aromatic carbocycles. The number of aromatic amines is 1. The zero-order valence-corrected chi connectivity index (χ0v) is 19.0. The molecule has 1 N–H and O–H groups in total. The van der Waals surface area contributed by atoms with Crippen molar-refractivity contribution in [3.05, 3.63) is 65.4 Å². The summed E-state index contributed by atoms with van der Waals surface area (Å²) in [5.41, 5.74) is 5.04. The number of aryl methyl sites for hydroxylation is 1. The summed E-state index contributed by atoms with van der Waals surface area (Å²) >= 11 is 0. The van der Waals surface area contributed by atoms with Gasteiger partial charge in [0.1, 0.15) is 0 Å². The largest absolute Gasteiger partial charge is 0.361 e. The predicted molar refractivity (Wildman–Crippen MR) is 123 cm³/mol. The molecule has 0 saturated carbocycles. The van der Waals surface area contributed by atoms with Gasteiger partial charge >= 0.3 is 0 Å². The summed E-state index contributed by atoms with van der Waals surface area (Å²) in [6.45, 7) is 6.29. The van der Waals surface area contributed by atoms with E-state index in [1.165, 1.54) is 22.0 Å². The minimum Gasteiger partial charge on any atom is -0.361 e. The second kappa shape index (κ2) is 8.08. The van der Waals surface area contributed by atoms with Crippen molar-refractivity contribution in [2.45, 2.75) is 50.0 Å². The third-order valence-corrected chi connectivity index (χ3v) is 8.24. The van der Waals surface area contributed by atoms with E-state index in [-0.39, 0.29) is 17.4 Å². The maximum atomic E-state index is 12.7. The van der Waals surface area contributed by atoms with Crippen molar-refractivity contribution < 1.29 is 12.6 Å². The van der Waals surface area contributed by atoms with Crippen molar-refractivity contribution in [1.29, 1.82) is 0 Å². The highest BCUT2D eigenvalue weighted by Crippen LogP contribution is 2.44. The van der Waals surface area contributed by atoms with Gasteiger partial charge in [-0.25, -0.2) is 0 Å². The molecule has 164 valence electrons. The molecular weight excluding hydrogens is 408 g/mol. The number of piperidine rings is 1. The average molecular weight is 439 g/mol. The van der Waals surface area contributed by atoms with Crippen molar-refractivity contribution in [3.8, 4) is 0 Å². The lowest BCUT2D eigenvalue weighted by Gasteiger charge is -2.47. The maximum absolute atomic E-state index is 12.7. The van der Waals surface area contributed by atoms with Crippen LogP contribution in [0.3, 0.4) is 0 Å². The summed E-state index contributed by atoms with van der Waals surface area (Å²) in [5.74, 6) is 0.590. The van der Waals surface area contributed by atoms with Crippen molar-refractivity contribution in [2.75, 3.05) is 19.7 Å². The molecule has 6 heteroatoms. The smallest absolute Gasteiger partial charge is 0.296 e. The predicted octanol–water partition coefficient (Wildman–Crippen LogP) is 4.62. The summed E-state index contributed by atoms with van der Waals surface area (Å²) in [6, 6.07) is 13.9. The summed E-state index contributed by atoms with van der Waals surface area (Å²) in [6.07, 6.45) is 5.26. The van der Waals surface area contributed by atoms with Crippen molar-refractivity contribution in [1.82, 2.24) is 9.88 Å². The van der Waals surface area contributed by atoms with Crippen LogP contribution in [0, 0.1) is 12.8 Å². The highest BCUT2D eigenvalue weighted by molar-refractivity contribution is 7.86. The second-order valence-electron chi connectivity index (χ2n) is 9.11. The van der Waals surface area contributed by atoms with Gasteiger partial charge in [-0.05, 0) is 68.0 Å². The van der Waals surface area contributed by atoms with Crippen LogP contribution in [0.1, 0.15) is 42.4 Å². The molecule has 1 aliphatic heterocycles. The number of fused-ring (bicyclic) bond motifs is 2. The quantitative estimate of drug-likeness (QED) is 0.571. The van der Waals surface area contributed by atoms with Crippen LogP contribution in [0.15, 0.2) is 53.6 Å². The summed E-state index contributed by atoms with van der Waals surface area (Å²) in [7, 11) is -3.74. The topological polar surface area (TPSA) is 62.4 Å². The third kappa shape index (κ3) is 3.81. The molecule has 0 bridgehead atoms. The van der Waals surface area contributed by atoms with Gasteiger partial charge in [0.15, 0.2) is 0 Å². The molecule has 5 rings (SSSR count). The number of likely N-dealkylation sites (tertiary alicyclic amines) is 1. The lowest BCUT2D eigenvalue weighted by atomic mass is 9.72. The summed E-state index contributed by atoms with van der Waals surface area (Å²) in [5, 5.41) is 1.37. The van der Waals surface area contributed by atoms with Crippen LogP contribution < -0.4 is 0 Å². The molecule has 0 spiro atoms. The molecule has 0 radical (unpaired) electrons. The minimum atomic E-state index is -3.74. The Bertz CT molecular complexity index is 1180. The molecule has 2 heterocycles. The fraction of sp³-hybridized carbons (Fsp3) is 0.440. The van der Waals surface area contributed by atoms with Crippen LogP contribution in [0.25, 0.3) is 10.9 Å². The van der Waals surface area contributed by atoms with Crippen LogP contribution in [0.4, 0.5) is 0 Å². The molecule has 5 nitrogen and oxygen atoms in total. The number of aromatic nitrogens is 1. The number of hydrogen-bond donors (Lipinski definition) is 1. The van der Waals surface area contributed by atoms with E-state index in [9.17, 15) is 8.42 Å². The van der Waals surface area contributed by atoms with Crippen molar-refractivity contribution in [3.63, 3.8) is 0 Å². The van der Waals surface area contributed by atoms with E-state index in [1.54, 1.807) is 12.1 Å². The van der Waals surface area contributed by atoms with E-state index in [0.717, 1.165) is 37.9 Å². The molecule has 3 aromatic rings. The first kappa shape index (κ1) is 20.7. The van der Waals surface area contributed by atoms with E-state index in [2.05, 4.69) is 41.2 Å². The SMILES string of the molecule is CCCN1CC(COS(=O)(=O)c2ccc(C)cc2)C[C@H]2c3cccc4[nH]cc(c34)C[C@@H]21. The Morgan fingerprint density at radius 2 is 1.97 bits per heavy atom. The molecular formula is C25H30N2O3S. The first-order valence-electron chi connectivity index (χ1n) is 11.3. The van der Waals surface area contributed by atoms with Gasteiger partial charge in [-0.2, -0.15) is 8.42 Å². The third-order valence-electron chi connectivity index (χ3n) is 6.94. The van der Waals surface area contributed by atoms with Gasteiger partial charge < -0.3 is 4.98 Å². The van der Waals surface area contributed by atoms with Crippen LogP contribution in [-0.2, 0) is 20.7 Å². The number of nitrogens with zero attached hydrogens (tertiary/aromatic N) is 1. The number of benzene rings is 2. The zero-order chi connectivity index (χ0) is 21.6. The standard InChI is InChI=1S/C25H30N2O3S/c1-3-11-27-15-18(16-30-31(28,29)20-9-7-17(2)8-10-20)12-22-21-5-4-6-23-25(21)19(14-26-23)13-24(22)27/h4-10,14,18,22,24,26H,3,11-13,15-16H2,1-2H3/t18?,22-,24-/m0/s1.